The summed E-state index contributed by atoms with van der Waals surface area (Å²) in [4.78, 5) is 4.23. The molecule has 17 heavy (non-hydrogen) atoms. The predicted octanol–water partition coefficient (Wildman–Crippen LogP) is 2.47. The van der Waals surface area contributed by atoms with E-state index in [0.29, 0.717) is 11.4 Å². The molecule has 0 amide bonds. The number of aliphatic hydroxyl groups is 1. The van der Waals surface area contributed by atoms with E-state index < -0.39 is 5.60 Å². The largest absolute Gasteiger partial charge is 0.488 e. The molecule has 0 fully saturated rings. The van der Waals surface area contributed by atoms with E-state index in [-0.39, 0.29) is 6.61 Å². The number of ether oxygens (including phenoxy) is 1. The summed E-state index contributed by atoms with van der Waals surface area (Å²) < 4.78 is 6.40. The van der Waals surface area contributed by atoms with Crippen LogP contribution in [0.3, 0.4) is 0 Å². The highest BCUT2D eigenvalue weighted by atomic mass is 79.9. The Morgan fingerprint density at radius 1 is 1.29 bits per heavy atom. The van der Waals surface area contributed by atoms with Gasteiger partial charge in [0.2, 0.25) is 0 Å². The minimum Gasteiger partial charge on any atom is -0.488 e. The number of pyridine rings is 1. The third-order valence-corrected chi connectivity index (χ3v) is 3.39. The van der Waals surface area contributed by atoms with Crippen LogP contribution < -0.4 is 4.74 Å². The number of nitrogens with zero attached hydrogens (tertiary/aromatic N) is 1. The molecule has 0 aliphatic carbocycles. The zero-order chi connectivity index (χ0) is 11.9. The molecular weight excluding hydrogens is 282 g/mol. The first-order valence-corrected chi connectivity index (χ1v) is 6.06. The van der Waals surface area contributed by atoms with Crippen molar-refractivity contribution in [2.24, 2.45) is 0 Å². The molecule has 2 heterocycles. The van der Waals surface area contributed by atoms with Crippen molar-refractivity contribution in [1.82, 2.24) is 4.98 Å². The number of fused-ring (bicyclic) bond motifs is 1. The number of halogens is 1. The van der Waals surface area contributed by atoms with Crippen LogP contribution in [0.4, 0.5) is 0 Å². The lowest BCUT2D eigenvalue weighted by molar-refractivity contribution is 0.0531. The molecule has 0 saturated carbocycles. The van der Waals surface area contributed by atoms with Crippen LogP contribution in [-0.4, -0.2) is 16.7 Å². The van der Waals surface area contributed by atoms with Crippen LogP contribution in [0.2, 0.25) is 0 Å². The van der Waals surface area contributed by atoms with E-state index in [1.807, 2.05) is 30.3 Å². The lowest BCUT2D eigenvalue weighted by Crippen LogP contribution is -2.29. The Morgan fingerprint density at radius 3 is 3.00 bits per heavy atom. The number of benzene rings is 1. The molecule has 1 aliphatic heterocycles. The van der Waals surface area contributed by atoms with Crippen molar-refractivity contribution >= 4 is 15.9 Å². The SMILES string of the molecule is O[C@]1(c2cccc(Br)c2)COc2cccnc21. The van der Waals surface area contributed by atoms with Crippen LogP contribution in [0.5, 0.6) is 5.75 Å². The van der Waals surface area contributed by atoms with Gasteiger partial charge in [0.1, 0.15) is 18.1 Å². The van der Waals surface area contributed by atoms with Gasteiger partial charge >= 0.3 is 0 Å². The van der Waals surface area contributed by atoms with E-state index in [4.69, 9.17) is 4.74 Å². The summed E-state index contributed by atoms with van der Waals surface area (Å²) in [6, 6.07) is 11.2. The molecule has 1 aliphatic rings. The molecule has 0 radical (unpaired) electrons. The summed E-state index contributed by atoms with van der Waals surface area (Å²) >= 11 is 3.40. The van der Waals surface area contributed by atoms with Crippen LogP contribution in [-0.2, 0) is 5.60 Å². The van der Waals surface area contributed by atoms with Gasteiger partial charge in [-0.25, -0.2) is 0 Å². The third kappa shape index (κ3) is 1.64. The zero-order valence-electron chi connectivity index (χ0n) is 8.93. The maximum absolute atomic E-state index is 10.7. The van der Waals surface area contributed by atoms with Crippen molar-refractivity contribution in [1.29, 1.82) is 0 Å². The molecule has 1 N–H and O–H groups in total. The molecule has 0 saturated heterocycles. The van der Waals surface area contributed by atoms with Gasteiger partial charge in [-0.2, -0.15) is 0 Å². The van der Waals surface area contributed by atoms with Gasteiger partial charge in [0, 0.05) is 10.7 Å². The average Bonchev–Trinajstić information content (AvgIpc) is 2.69. The van der Waals surface area contributed by atoms with Gasteiger partial charge in [0.25, 0.3) is 0 Å². The second kappa shape index (κ2) is 3.82. The normalized spacial score (nSPS) is 22.0. The first kappa shape index (κ1) is 10.7. The van der Waals surface area contributed by atoms with Crippen molar-refractivity contribution in [3.63, 3.8) is 0 Å². The smallest absolute Gasteiger partial charge is 0.169 e. The summed E-state index contributed by atoms with van der Waals surface area (Å²) in [6.45, 7) is 0.204. The highest BCUT2D eigenvalue weighted by Gasteiger charge is 2.41. The molecule has 1 atom stereocenters. The fourth-order valence-electron chi connectivity index (χ4n) is 2.03. The minimum absolute atomic E-state index is 0.204. The Kier molecular flexibility index (Phi) is 2.42. The minimum atomic E-state index is -1.15. The van der Waals surface area contributed by atoms with Crippen molar-refractivity contribution < 1.29 is 9.84 Å². The Balaban J connectivity index is 2.15. The monoisotopic (exact) mass is 291 g/mol. The quantitative estimate of drug-likeness (QED) is 0.878. The van der Waals surface area contributed by atoms with Crippen molar-refractivity contribution in [3.05, 3.63) is 58.3 Å². The van der Waals surface area contributed by atoms with Crippen LogP contribution in [0.15, 0.2) is 47.1 Å². The van der Waals surface area contributed by atoms with E-state index in [1.165, 1.54) is 0 Å². The molecule has 86 valence electrons. The first-order valence-electron chi connectivity index (χ1n) is 5.27. The predicted molar refractivity (Wildman–Crippen MR) is 66.9 cm³/mol. The number of hydrogen-bond acceptors (Lipinski definition) is 3. The molecule has 3 rings (SSSR count). The highest BCUT2D eigenvalue weighted by Crippen LogP contribution is 2.40. The van der Waals surface area contributed by atoms with Gasteiger partial charge in [0.15, 0.2) is 5.60 Å². The summed E-state index contributed by atoms with van der Waals surface area (Å²) in [5.41, 5.74) is 0.211. The second-order valence-electron chi connectivity index (χ2n) is 4.01. The molecule has 0 bridgehead atoms. The summed E-state index contributed by atoms with van der Waals surface area (Å²) in [5, 5.41) is 10.7. The lowest BCUT2D eigenvalue weighted by atomic mass is 9.92. The Bertz CT molecular complexity index is 573. The fraction of sp³-hybridized carbons (Fsp3) is 0.154. The second-order valence-corrected chi connectivity index (χ2v) is 4.93. The van der Waals surface area contributed by atoms with Crippen LogP contribution >= 0.6 is 15.9 Å². The standard InChI is InChI=1S/C13H10BrNO2/c14-10-4-1-3-9(7-10)13(16)8-17-11-5-2-6-15-12(11)13/h1-7,16H,8H2/t13-/m0/s1. The molecule has 4 heteroatoms. The van der Waals surface area contributed by atoms with Crippen molar-refractivity contribution in [2.45, 2.75) is 5.60 Å². The van der Waals surface area contributed by atoms with Gasteiger partial charge < -0.3 is 9.84 Å². The summed E-state index contributed by atoms with van der Waals surface area (Å²) in [5.74, 6) is 0.648. The maximum Gasteiger partial charge on any atom is 0.169 e. The Hall–Kier alpha value is -1.39. The van der Waals surface area contributed by atoms with E-state index in [1.54, 1.807) is 12.3 Å². The average molecular weight is 292 g/mol. The molecular formula is C13H10BrNO2. The summed E-state index contributed by atoms with van der Waals surface area (Å²) in [6.07, 6.45) is 1.66. The van der Waals surface area contributed by atoms with E-state index in [9.17, 15) is 5.11 Å². The van der Waals surface area contributed by atoms with E-state index in [2.05, 4.69) is 20.9 Å². The van der Waals surface area contributed by atoms with Gasteiger partial charge in [-0.1, -0.05) is 28.1 Å². The van der Waals surface area contributed by atoms with Gasteiger partial charge in [-0.05, 0) is 29.8 Å². The molecule has 0 unspecified atom stereocenters. The van der Waals surface area contributed by atoms with Gasteiger partial charge in [-0.3, -0.25) is 4.98 Å². The van der Waals surface area contributed by atoms with Crippen LogP contribution in [0, 0.1) is 0 Å². The maximum atomic E-state index is 10.7. The third-order valence-electron chi connectivity index (χ3n) is 2.90. The van der Waals surface area contributed by atoms with Gasteiger partial charge in [-0.15, -0.1) is 0 Å². The first-order chi connectivity index (χ1) is 8.20. The Morgan fingerprint density at radius 2 is 2.18 bits per heavy atom. The Labute approximate surface area is 107 Å². The van der Waals surface area contributed by atoms with Gasteiger partial charge in [0.05, 0.1) is 0 Å². The molecule has 1 aromatic carbocycles. The van der Waals surface area contributed by atoms with E-state index in [0.717, 1.165) is 10.0 Å². The lowest BCUT2D eigenvalue weighted by Gasteiger charge is -2.20. The number of hydrogen-bond donors (Lipinski definition) is 1. The zero-order valence-corrected chi connectivity index (χ0v) is 10.5. The highest BCUT2D eigenvalue weighted by molar-refractivity contribution is 9.10. The molecule has 2 aromatic rings. The van der Waals surface area contributed by atoms with Crippen molar-refractivity contribution in [3.8, 4) is 5.75 Å². The molecule has 1 aromatic heterocycles. The van der Waals surface area contributed by atoms with Crippen LogP contribution in [0.25, 0.3) is 0 Å². The van der Waals surface area contributed by atoms with Crippen LogP contribution in [0.1, 0.15) is 11.3 Å². The molecule has 3 nitrogen and oxygen atoms in total. The number of aromatic nitrogens is 1. The summed E-state index contributed by atoms with van der Waals surface area (Å²) in [7, 11) is 0. The molecule has 0 spiro atoms. The topological polar surface area (TPSA) is 42.4 Å². The van der Waals surface area contributed by atoms with E-state index >= 15 is 0 Å². The fourth-order valence-corrected chi connectivity index (χ4v) is 2.43. The number of rotatable bonds is 1. The van der Waals surface area contributed by atoms with Crippen molar-refractivity contribution in [2.75, 3.05) is 6.61 Å².